The molecular formula is C24H34N2O2. The Morgan fingerprint density at radius 3 is 2.32 bits per heavy atom. The molecule has 0 bridgehead atoms. The number of benzene rings is 1. The van der Waals surface area contributed by atoms with E-state index in [1.54, 1.807) is 0 Å². The molecular weight excluding hydrogens is 348 g/mol. The van der Waals surface area contributed by atoms with E-state index in [0.29, 0.717) is 36.5 Å². The van der Waals surface area contributed by atoms with Crippen molar-refractivity contribution in [2.24, 2.45) is 5.92 Å². The van der Waals surface area contributed by atoms with E-state index in [9.17, 15) is 9.59 Å². The Balaban J connectivity index is 1.47. The normalized spacial score (nSPS) is 23.5. The van der Waals surface area contributed by atoms with Crippen LogP contribution in [0.4, 0.5) is 0 Å². The molecule has 2 fully saturated rings. The molecule has 0 radical (unpaired) electrons. The summed E-state index contributed by atoms with van der Waals surface area (Å²) in [5.41, 5.74) is 2.99. The minimum atomic E-state index is 0.154. The number of carbonyl (C=O) groups is 2. The van der Waals surface area contributed by atoms with Crippen molar-refractivity contribution in [2.45, 2.75) is 70.1 Å². The van der Waals surface area contributed by atoms with Gasteiger partial charge in [0.2, 0.25) is 11.8 Å². The highest BCUT2D eigenvalue weighted by Crippen LogP contribution is 2.52. The summed E-state index contributed by atoms with van der Waals surface area (Å²) in [6.07, 6.45) is 6.72. The van der Waals surface area contributed by atoms with E-state index in [-0.39, 0.29) is 5.41 Å². The number of carbonyl (C=O) groups excluding carboxylic acids is 2. The largest absolute Gasteiger partial charge is 0.343 e. The molecule has 4 rings (SSSR count). The minimum Gasteiger partial charge on any atom is -0.343 e. The van der Waals surface area contributed by atoms with Crippen molar-refractivity contribution in [2.75, 3.05) is 26.2 Å². The standard InChI is InChI=1S/C24H34N2O2/c1-18(2)15-22(27)26-13-9-24(10-14-26)17-19(20-7-3-4-8-21(20)24)16-23(28)25-11-5-6-12-25/h3-4,7-8,18-19H,5-6,9-17H2,1-2H3. The van der Waals surface area contributed by atoms with Gasteiger partial charge in [-0.25, -0.2) is 0 Å². The van der Waals surface area contributed by atoms with Crippen LogP contribution in [0.25, 0.3) is 0 Å². The third-order valence-electron chi connectivity index (χ3n) is 7.15. The first kappa shape index (κ1) is 19.5. The number of likely N-dealkylation sites (tertiary alicyclic amines) is 2. The summed E-state index contributed by atoms with van der Waals surface area (Å²) in [5, 5.41) is 0. The summed E-state index contributed by atoms with van der Waals surface area (Å²) in [6.45, 7) is 7.80. The molecule has 1 aromatic rings. The highest BCUT2D eigenvalue weighted by Gasteiger charge is 2.46. The van der Waals surface area contributed by atoms with Gasteiger partial charge in [0.25, 0.3) is 0 Å². The minimum absolute atomic E-state index is 0.154. The lowest BCUT2D eigenvalue weighted by molar-refractivity contribution is -0.133. The zero-order valence-electron chi connectivity index (χ0n) is 17.5. The first-order valence-electron chi connectivity index (χ1n) is 11.1. The summed E-state index contributed by atoms with van der Waals surface area (Å²) in [4.78, 5) is 29.4. The van der Waals surface area contributed by atoms with Gasteiger partial charge in [0.15, 0.2) is 0 Å². The Labute approximate surface area is 169 Å². The lowest BCUT2D eigenvalue weighted by Crippen LogP contribution is -2.44. The first-order valence-corrected chi connectivity index (χ1v) is 11.1. The molecule has 1 aliphatic carbocycles. The van der Waals surface area contributed by atoms with Crippen molar-refractivity contribution in [3.8, 4) is 0 Å². The molecule has 4 nitrogen and oxygen atoms in total. The highest BCUT2D eigenvalue weighted by atomic mass is 16.2. The van der Waals surface area contributed by atoms with Crippen molar-refractivity contribution in [3.63, 3.8) is 0 Å². The molecule has 0 saturated carbocycles. The fraction of sp³-hybridized carbons (Fsp3) is 0.667. The van der Waals surface area contributed by atoms with E-state index in [1.807, 2.05) is 0 Å². The van der Waals surface area contributed by atoms with E-state index in [2.05, 4.69) is 47.9 Å². The number of nitrogens with zero attached hydrogens (tertiary/aromatic N) is 2. The van der Waals surface area contributed by atoms with Crippen molar-refractivity contribution in [3.05, 3.63) is 35.4 Å². The van der Waals surface area contributed by atoms with Gasteiger partial charge >= 0.3 is 0 Å². The van der Waals surface area contributed by atoms with E-state index < -0.39 is 0 Å². The van der Waals surface area contributed by atoms with Gasteiger partial charge < -0.3 is 9.80 Å². The van der Waals surface area contributed by atoms with Crippen LogP contribution in [0.15, 0.2) is 24.3 Å². The molecule has 2 saturated heterocycles. The average molecular weight is 383 g/mol. The number of hydrogen-bond donors (Lipinski definition) is 0. The molecule has 2 heterocycles. The predicted molar refractivity (Wildman–Crippen MR) is 111 cm³/mol. The fourth-order valence-corrected chi connectivity index (χ4v) is 5.65. The molecule has 2 aliphatic heterocycles. The van der Waals surface area contributed by atoms with Crippen LogP contribution >= 0.6 is 0 Å². The third-order valence-corrected chi connectivity index (χ3v) is 7.15. The second-order valence-corrected chi connectivity index (χ2v) is 9.54. The zero-order chi connectivity index (χ0) is 19.7. The van der Waals surface area contributed by atoms with Gasteiger partial charge in [-0.2, -0.15) is 0 Å². The SMILES string of the molecule is CC(C)CC(=O)N1CCC2(CC1)CC(CC(=O)N1CCCC1)c1ccccc12. The van der Waals surface area contributed by atoms with Gasteiger partial charge in [0.1, 0.15) is 0 Å². The zero-order valence-corrected chi connectivity index (χ0v) is 17.5. The average Bonchev–Trinajstić information content (AvgIpc) is 3.30. The Kier molecular flexibility index (Phi) is 5.48. The van der Waals surface area contributed by atoms with Crippen LogP contribution in [-0.2, 0) is 15.0 Å². The van der Waals surface area contributed by atoms with Crippen molar-refractivity contribution < 1.29 is 9.59 Å². The van der Waals surface area contributed by atoms with E-state index in [0.717, 1.165) is 58.3 Å². The molecule has 1 unspecified atom stereocenters. The predicted octanol–water partition coefficient (Wildman–Crippen LogP) is 4.09. The lowest BCUT2D eigenvalue weighted by Gasteiger charge is -2.40. The van der Waals surface area contributed by atoms with E-state index >= 15 is 0 Å². The van der Waals surface area contributed by atoms with Gasteiger partial charge in [-0.15, -0.1) is 0 Å². The van der Waals surface area contributed by atoms with Crippen molar-refractivity contribution in [1.29, 1.82) is 0 Å². The second-order valence-electron chi connectivity index (χ2n) is 9.54. The maximum atomic E-state index is 12.8. The lowest BCUT2D eigenvalue weighted by atomic mass is 9.73. The summed E-state index contributed by atoms with van der Waals surface area (Å²) >= 11 is 0. The van der Waals surface area contributed by atoms with Gasteiger partial charge in [-0.05, 0) is 60.5 Å². The van der Waals surface area contributed by atoms with Crippen molar-refractivity contribution in [1.82, 2.24) is 9.80 Å². The Morgan fingerprint density at radius 2 is 1.64 bits per heavy atom. The van der Waals surface area contributed by atoms with Gasteiger partial charge in [0, 0.05) is 39.0 Å². The van der Waals surface area contributed by atoms with E-state index in [4.69, 9.17) is 0 Å². The molecule has 1 spiro atoms. The van der Waals surface area contributed by atoms with E-state index in [1.165, 1.54) is 11.1 Å². The monoisotopic (exact) mass is 382 g/mol. The highest BCUT2D eigenvalue weighted by molar-refractivity contribution is 5.78. The Hall–Kier alpha value is -1.84. The number of fused-ring (bicyclic) bond motifs is 2. The van der Waals surface area contributed by atoms with Crippen LogP contribution in [0.2, 0.25) is 0 Å². The molecule has 1 aromatic carbocycles. The molecule has 0 aromatic heterocycles. The second kappa shape index (κ2) is 7.88. The van der Waals surface area contributed by atoms with Crippen LogP contribution < -0.4 is 0 Å². The quantitative estimate of drug-likeness (QED) is 0.787. The van der Waals surface area contributed by atoms with Gasteiger partial charge in [-0.1, -0.05) is 38.1 Å². The number of amides is 2. The third kappa shape index (κ3) is 3.70. The smallest absolute Gasteiger partial charge is 0.223 e. The van der Waals surface area contributed by atoms with Crippen LogP contribution in [-0.4, -0.2) is 47.8 Å². The van der Waals surface area contributed by atoms with Gasteiger partial charge in [-0.3, -0.25) is 9.59 Å². The van der Waals surface area contributed by atoms with Gasteiger partial charge in [0.05, 0.1) is 0 Å². The summed E-state index contributed by atoms with van der Waals surface area (Å²) in [6, 6.07) is 8.78. The van der Waals surface area contributed by atoms with Crippen LogP contribution in [0.5, 0.6) is 0 Å². The number of hydrogen-bond acceptors (Lipinski definition) is 2. The van der Waals surface area contributed by atoms with Crippen LogP contribution in [0, 0.1) is 5.92 Å². The fourth-order valence-electron chi connectivity index (χ4n) is 5.65. The summed E-state index contributed by atoms with van der Waals surface area (Å²) in [5.74, 6) is 1.38. The maximum absolute atomic E-state index is 12.8. The molecule has 28 heavy (non-hydrogen) atoms. The van der Waals surface area contributed by atoms with Crippen LogP contribution in [0.3, 0.4) is 0 Å². The number of piperidine rings is 1. The molecule has 4 heteroatoms. The van der Waals surface area contributed by atoms with Crippen LogP contribution in [0.1, 0.15) is 75.8 Å². The molecule has 2 amide bonds. The summed E-state index contributed by atoms with van der Waals surface area (Å²) < 4.78 is 0. The Morgan fingerprint density at radius 1 is 1.00 bits per heavy atom. The topological polar surface area (TPSA) is 40.6 Å². The molecule has 3 aliphatic rings. The Bertz CT molecular complexity index is 728. The molecule has 0 N–H and O–H groups in total. The summed E-state index contributed by atoms with van der Waals surface area (Å²) in [7, 11) is 0. The first-order chi connectivity index (χ1) is 13.5. The molecule has 152 valence electrons. The molecule has 1 atom stereocenters. The maximum Gasteiger partial charge on any atom is 0.223 e. The van der Waals surface area contributed by atoms with Crippen molar-refractivity contribution >= 4 is 11.8 Å². The number of rotatable bonds is 4.